The zero-order valence-corrected chi connectivity index (χ0v) is 6.78. The Morgan fingerprint density at radius 1 is 1.60 bits per heavy atom. The molecule has 0 aliphatic carbocycles. The molecule has 0 spiro atoms. The molecule has 2 atom stereocenters. The maximum atomic E-state index is 3.95. The Labute approximate surface area is 62.7 Å². The molecule has 1 heterocycles. The molecule has 0 aromatic heterocycles. The lowest BCUT2D eigenvalue weighted by atomic mass is 9.95. The summed E-state index contributed by atoms with van der Waals surface area (Å²) in [5.41, 5.74) is 1.16. The summed E-state index contributed by atoms with van der Waals surface area (Å²) in [5.74, 6) is 1.37. The minimum atomic E-state index is 0.630. The van der Waals surface area contributed by atoms with Gasteiger partial charge in [0.2, 0.25) is 0 Å². The van der Waals surface area contributed by atoms with E-state index < -0.39 is 0 Å². The summed E-state index contributed by atoms with van der Waals surface area (Å²) in [6, 6.07) is 0. The van der Waals surface area contributed by atoms with Gasteiger partial charge < -0.3 is 10.6 Å². The summed E-state index contributed by atoms with van der Waals surface area (Å²) in [6.45, 7) is 8.43. The third-order valence-corrected chi connectivity index (χ3v) is 2.29. The van der Waals surface area contributed by atoms with Gasteiger partial charge in [0.25, 0.3) is 0 Å². The summed E-state index contributed by atoms with van der Waals surface area (Å²) < 4.78 is 0. The Kier molecular flexibility index (Phi) is 2.33. The van der Waals surface area contributed by atoms with E-state index in [1.165, 1.54) is 0 Å². The highest BCUT2D eigenvalue weighted by atomic mass is 14.9. The number of rotatable bonds is 2. The van der Waals surface area contributed by atoms with Gasteiger partial charge in [-0.3, -0.25) is 0 Å². The van der Waals surface area contributed by atoms with Crippen molar-refractivity contribution in [1.29, 1.82) is 0 Å². The Balaban J connectivity index is 2.46. The molecule has 0 radical (unpaired) electrons. The van der Waals surface area contributed by atoms with Crippen LogP contribution in [-0.4, -0.2) is 20.1 Å². The average molecular weight is 140 g/mol. The van der Waals surface area contributed by atoms with E-state index in [1.54, 1.807) is 0 Å². The molecule has 0 aromatic rings. The van der Waals surface area contributed by atoms with Gasteiger partial charge in [-0.2, -0.15) is 0 Å². The van der Waals surface area contributed by atoms with Crippen LogP contribution in [0.15, 0.2) is 12.3 Å². The first-order valence-corrected chi connectivity index (χ1v) is 3.83. The first-order valence-electron chi connectivity index (χ1n) is 3.83. The van der Waals surface area contributed by atoms with E-state index in [0.29, 0.717) is 5.92 Å². The van der Waals surface area contributed by atoms with E-state index in [0.717, 1.165) is 24.7 Å². The van der Waals surface area contributed by atoms with Crippen LogP contribution in [0.3, 0.4) is 0 Å². The van der Waals surface area contributed by atoms with Gasteiger partial charge in [0.05, 0.1) is 0 Å². The van der Waals surface area contributed by atoms with E-state index in [-0.39, 0.29) is 0 Å². The zero-order chi connectivity index (χ0) is 7.56. The van der Waals surface area contributed by atoms with E-state index in [4.69, 9.17) is 0 Å². The molecule has 1 aliphatic heterocycles. The van der Waals surface area contributed by atoms with Gasteiger partial charge in [-0.05, 0) is 12.5 Å². The molecule has 2 unspecified atom stereocenters. The van der Waals surface area contributed by atoms with Crippen molar-refractivity contribution in [3.63, 3.8) is 0 Å². The van der Waals surface area contributed by atoms with E-state index in [1.807, 2.05) is 7.05 Å². The van der Waals surface area contributed by atoms with Crippen LogP contribution in [0.5, 0.6) is 0 Å². The molecule has 1 saturated heterocycles. The standard InChI is InChI=1S/C8H16N2/c1-6-4-10-5-8(6)7(2)9-3/h6,8-10H,2,4-5H2,1,3H3. The van der Waals surface area contributed by atoms with Gasteiger partial charge in [0.15, 0.2) is 0 Å². The maximum Gasteiger partial charge on any atom is 0.0143 e. The van der Waals surface area contributed by atoms with Crippen LogP contribution in [0.25, 0.3) is 0 Å². The van der Waals surface area contributed by atoms with Gasteiger partial charge in [0.1, 0.15) is 0 Å². The summed E-state index contributed by atoms with van der Waals surface area (Å²) >= 11 is 0. The van der Waals surface area contributed by atoms with Crippen molar-refractivity contribution in [2.45, 2.75) is 6.92 Å². The van der Waals surface area contributed by atoms with Gasteiger partial charge in [0, 0.05) is 25.2 Å². The molecule has 1 rings (SSSR count). The quantitative estimate of drug-likeness (QED) is 0.586. The molecule has 2 N–H and O–H groups in total. The van der Waals surface area contributed by atoms with Crippen LogP contribution in [0.4, 0.5) is 0 Å². The summed E-state index contributed by atoms with van der Waals surface area (Å²) in [7, 11) is 1.94. The molecule has 1 aliphatic rings. The van der Waals surface area contributed by atoms with Crippen LogP contribution in [-0.2, 0) is 0 Å². The molecule has 2 heteroatoms. The molecule has 0 bridgehead atoms. The van der Waals surface area contributed by atoms with Crippen LogP contribution < -0.4 is 10.6 Å². The zero-order valence-electron chi connectivity index (χ0n) is 6.78. The van der Waals surface area contributed by atoms with Crippen LogP contribution in [0.1, 0.15) is 6.92 Å². The SMILES string of the molecule is C=C(NC)C1CNCC1C. The predicted molar refractivity (Wildman–Crippen MR) is 43.7 cm³/mol. The lowest BCUT2D eigenvalue weighted by Crippen LogP contribution is -2.20. The molecule has 1 fully saturated rings. The smallest absolute Gasteiger partial charge is 0.0143 e. The lowest BCUT2D eigenvalue weighted by molar-refractivity contribution is 0.497. The van der Waals surface area contributed by atoms with E-state index >= 15 is 0 Å². The molecule has 10 heavy (non-hydrogen) atoms. The molecular weight excluding hydrogens is 124 g/mol. The number of hydrogen-bond acceptors (Lipinski definition) is 2. The van der Waals surface area contributed by atoms with Crippen LogP contribution >= 0.6 is 0 Å². The van der Waals surface area contributed by atoms with Gasteiger partial charge in [-0.15, -0.1) is 0 Å². The van der Waals surface area contributed by atoms with Crippen molar-refractivity contribution in [3.8, 4) is 0 Å². The van der Waals surface area contributed by atoms with Crippen molar-refractivity contribution >= 4 is 0 Å². The Morgan fingerprint density at radius 3 is 2.70 bits per heavy atom. The van der Waals surface area contributed by atoms with Crippen molar-refractivity contribution in [1.82, 2.24) is 10.6 Å². The molecule has 0 aromatic carbocycles. The monoisotopic (exact) mass is 140 g/mol. The second kappa shape index (κ2) is 3.06. The lowest BCUT2D eigenvalue weighted by Gasteiger charge is -2.16. The normalized spacial score (nSPS) is 32.2. The van der Waals surface area contributed by atoms with Gasteiger partial charge >= 0.3 is 0 Å². The first kappa shape index (κ1) is 7.61. The van der Waals surface area contributed by atoms with Crippen LogP contribution in [0, 0.1) is 11.8 Å². The largest absolute Gasteiger partial charge is 0.392 e. The van der Waals surface area contributed by atoms with Gasteiger partial charge in [-0.1, -0.05) is 13.5 Å². The fourth-order valence-corrected chi connectivity index (χ4v) is 1.46. The third kappa shape index (κ3) is 1.32. The fraction of sp³-hybridized carbons (Fsp3) is 0.750. The van der Waals surface area contributed by atoms with Crippen molar-refractivity contribution in [3.05, 3.63) is 12.3 Å². The number of hydrogen-bond donors (Lipinski definition) is 2. The highest BCUT2D eigenvalue weighted by molar-refractivity contribution is 5.03. The summed E-state index contributed by atoms with van der Waals surface area (Å²) in [5, 5.41) is 6.44. The average Bonchev–Trinajstić information content (AvgIpc) is 2.34. The molecule has 0 saturated carbocycles. The molecule has 0 amide bonds. The van der Waals surface area contributed by atoms with Gasteiger partial charge in [-0.25, -0.2) is 0 Å². The minimum absolute atomic E-state index is 0.630. The summed E-state index contributed by atoms with van der Waals surface area (Å²) in [6.07, 6.45) is 0. The second-order valence-electron chi connectivity index (χ2n) is 3.02. The molecular formula is C8H16N2. The van der Waals surface area contributed by atoms with Crippen molar-refractivity contribution in [2.75, 3.05) is 20.1 Å². The van der Waals surface area contributed by atoms with Crippen molar-refractivity contribution < 1.29 is 0 Å². The highest BCUT2D eigenvalue weighted by Gasteiger charge is 2.24. The maximum absolute atomic E-state index is 3.95. The molecule has 58 valence electrons. The third-order valence-electron chi connectivity index (χ3n) is 2.29. The minimum Gasteiger partial charge on any atom is -0.392 e. The Bertz CT molecular complexity index is 131. The van der Waals surface area contributed by atoms with Crippen molar-refractivity contribution in [2.24, 2.45) is 11.8 Å². The van der Waals surface area contributed by atoms with E-state index in [9.17, 15) is 0 Å². The predicted octanol–water partition coefficient (Wildman–Crippen LogP) is 0.575. The highest BCUT2D eigenvalue weighted by Crippen LogP contribution is 2.20. The topological polar surface area (TPSA) is 24.1 Å². The second-order valence-corrected chi connectivity index (χ2v) is 3.02. The first-order chi connectivity index (χ1) is 4.75. The Morgan fingerprint density at radius 2 is 2.30 bits per heavy atom. The summed E-state index contributed by atoms with van der Waals surface area (Å²) in [4.78, 5) is 0. The Hall–Kier alpha value is -0.500. The molecule has 2 nitrogen and oxygen atoms in total. The number of nitrogens with one attached hydrogen (secondary N) is 2. The van der Waals surface area contributed by atoms with Crippen LogP contribution in [0.2, 0.25) is 0 Å². The van der Waals surface area contributed by atoms with E-state index in [2.05, 4.69) is 24.1 Å². The fourth-order valence-electron chi connectivity index (χ4n) is 1.46.